The molecule has 37 heavy (non-hydrogen) atoms. The van der Waals surface area contributed by atoms with Gasteiger partial charge in [-0.25, -0.2) is 9.78 Å². The van der Waals surface area contributed by atoms with Gasteiger partial charge in [0, 0.05) is 36.6 Å². The molecule has 0 saturated carbocycles. The van der Waals surface area contributed by atoms with Gasteiger partial charge in [0.25, 0.3) is 0 Å². The number of hydrogen-bond donors (Lipinski definition) is 2. The molecule has 2 aliphatic heterocycles. The van der Waals surface area contributed by atoms with E-state index in [-0.39, 0.29) is 18.7 Å². The number of likely N-dealkylation sites (tertiary alicyclic amines) is 1. The van der Waals surface area contributed by atoms with Crippen molar-refractivity contribution < 1.29 is 27.8 Å². The molecule has 1 amide bonds. The van der Waals surface area contributed by atoms with Crippen LogP contribution in [0.1, 0.15) is 29.5 Å². The molecule has 192 valence electrons. The average molecular weight is 512 g/mol. The second-order valence-electron chi connectivity index (χ2n) is 9.47. The van der Waals surface area contributed by atoms with Gasteiger partial charge in [-0.15, -0.1) is 10.2 Å². The molecule has 2 atom stereocenters. The van der Waals surface area contributed by atoms with Crippen molar-refractivity contribution in [2.75, 3.05) is 26.3 Å². The molecule has 6 rings (SSSR count). The van der Waals surface area contributed by atoms with Crippen molar-refractivity contribution in [2.45, 2.75) is 30.6 Å². The number of carbonyl (C=O) groups is 1. The maximum atomic E-state index is 14.3. The Bertz CT molecular complexity index is 1490. The third-order valence-electron chi connectivity index (χ3n) is 7.02. The first-order chi connectivity index (χ1) is 17.8. The number of nitrogens with zero attached hydrogens (tertiary/aromatic N) is 5. The summed E-state index contributed by atoms with van der Waals surface area (Å²) in [5.74, 6) is 0.672. The van der Waals surface area contributed by atoms with Crippen LogP contribution in [-0.2, 0) is 4.74 Å². The molecule has 1 unspecified atom stereocenters. The molecule has 2 aliphatic rings. The molecule has 0 radical (unpaired) electrons. The van der Waals surface area contributed by atoms with Crippen LogP contribution in [0.3, 0.4) is 0 Å². The van der Waals surface area contributed by atoms with Crippen LogP contribution in [0.25, 0.3) is 28.1 Å². The van der Waals surface area contributed by atoms with Gasteiger partial charge >= 0.3 is 12.3 Å². The third kappa shape index (κ3) is 4.46. The van der Waals surface area contributed by atoms with E-state index in [1.807, 2.05) is 18.2 Å². The highest BCUT2D eigenvalue weighted by atomic mass is 19.4. The van der Waals surface area contributed by atoms with Gasteiger partial charge in [0.15, 0.2) is 11.5 Å². The summed E-state index contributed by atoms with van der Waals surface area (Å²) in [6.45, 7) is 1.42. The minimum absolute atomic E-state index is 0.0186. The maximum absolute atomic E-state index is 14.3. The second kappa shape index (κ2) is 8.96. The zero-order valence-corrected chi connectivity index (χ0v) is 19.5. The van der Waals surface area contributed by atoms with Crippen LogP contribution < -0.4 is 5.32 Å². The molecule has 2 fully saturated rings. The molecule has 3 aromatic heterocycles. The Hall–Kier alpha value is -3.77. The van der Waals surface area contributed by atoms with E-state index in [9.17, 15) is 18.0 Å². The first-order valence-corrected chi connectivity index (χ1v) is 11.9. The summed E-state index contributed by atoms with van der Waals surface area (Å²) < 4.78 is 49.6. The molecule has 9 nitrogen and oxygen atoms in total. The number of benzene rings is 1. The van der Waals surface area contributed by atoms with Crippen LogP contribution in [-0.4, -0.2) is 74.2 Å². The van der Waals surface area contributed by atoms with Crippen LogP contribution in [0.15, 0.2) is 48.7 Å². The number of pyridine rings is 2. The van der Waals surface area contributed by atoms with E-state index >= 15 is 0 Å². The molecule has 2 N–H and O–H groups in total. The molecule has 0 spiro atoms. The summed E-state index contributed by atoms with van der Waals surface area (Å²) in [6, 6.07) is 10.2. The first kappa shape index (κ1) is 23.6. The second-order valence-corrected chi connectivity index (χ2v) is 9.47. The predicted octanol–water partition coefficient (Wildman–Crippen LogP) is 4.00. The van der Waals surface area contributed by atoms with Crippen molar-refractivity contribution in [3.8, 4) is 11.5 Å². The summed E-state index contributed by atoms with van der Waals surface area (Å²) in [5.41, 5.74) is 2.80. The van der Waals surface area contributed by atoms with E-state index in [0.29, 0.717) is 42.7 Å². The van der Waals surface area contributed by atoms with Crippen LogP contribution in [0.4, 0.5) is 18.0 Å². The minimum Gasteiger partial charge on any atom is -0.465 e. The van der Waals surface area contributed by atoms with Crippen LogP contribution in [0.5, 0.6) is 0 Å². The molecule has 12 heteroatoms. The highest BCUT2D eigenvalue weighted by Crippen LogP contribution is 2.40. The summed E-state index contributed by atoms with van der Waals surface area (Å²) in [6.07, 6.45) is -4.12. The van der Waals surface area contributed by atoms with E-state index in [2.05, 4.69) is 21.6 Å². The largest absolute Gasteiger partial charge is 0.465 e. The first-order valence-electron chi connectivity index (χ1n) is 11.9. The lowest BCUT2D eigenvalue weighted by atomic mass is 9.96. The van der Waals surface area contributed by atoms with Crippen LogP contribution in [0, 0.1) is 0 Å². The number of nitrogens with one attached hydrogen (secondary N) is 1. The number of ether oxygens (including phenoxy) is 1. The SMILES string of the molecule is O=C(O)NC1CCN([C@H](c2ccc3nnc(-c4ccc5ccc(C6COC6)cc5n4)n3c2)C(F)(F)F)C1. The standard InChI is InChI=1S/C25H23F3N6O3/c26-25(27,28)22(33-8-7-18(11-33)29-24(35)36)16-4-6-21-31-32-23(34(21)10-16)19-5-3-14-1-2-15(9-20(14)30-19)17-12-37-13-17/h1-6,9-10,17-18,22,29H,7-8,11-13H2,(H,35,36)/t18?,22-/m1/s1. The normalized spacial score (nSPS) is 19.8. The van der Waals surface area contributed by atoms with Gasteiger partial charge in [-0.05, 0) is 35.7 Å². The number of hydrogen-bond acceptors (Lipinski definition) is 6. The molecular formula is C25H23F3N6O3. The Morgan fingerprint density at radius 1 is 1.14 bits per heavy atom. The lowest BCUT2D eigenvalue weighted by Gasteiger charge is -2.30. The molecular weight excluding hydrogens is 489 g/mol. The van der Waals surface area contributed by atoms with Crippen molar-refractivity contribution >= 4 is 22.6 Å². The Balaban J connectivity index is 1.37. The number of halogens is 3. The highest BCUT2D eigenvalue weighted by molar-refractivity contribution is 5.81. The van der Waals surface area contributed by atoms with Gasteiger partial charge < -0.3 is 15.2 Å². The van der Waals surface area contributed by atoms with E-state index in [0.717, 1.165) is 16.5 Å². The third-order valence-corrected chi connectivity index (χ3v) is 7.02. The zero-order valence-electron chi connectivity index (χ0n) is 19.5. The Labute approximate surface area is 208 Å². The lowest BCUT2D eigenvalue weighted by molar-refractivity contribution is -0.184. The zero-order chi connectivity index (χ0) is 25.7. The van der Waals surface area contributed by atoms with Gasteiger partial charge in [0.1, 0.15) is 11.7 Å². The van der Waals surface area contributed by atoms with E-state index in [4.69, 9.17) is 14.8 Å². The quantitative estimate of drug-likeness (QED) is 0.417. The van der Waals surface area contributed by atoms with Crippen molar-refractivity contribution in [1.82, 2.24) is 29.8 Å². The smallest absolute Gasteiger partial charge is 0.408 e. The monoisotopic (exact) mass is 512 g/mol. The molecule has 1 aromatic carbocycles. The highest BCUT2D eigenvalue weighted by Gasteiger charge is 2.47. The summed E-state index contributed by atoms with van der Waals surface area (Å²) in [4.78, 5) is 17.0. The van der Waals surface area contributed by atoms with E-state index in [1.165, 1.54) is 27.6 Å². The van der Waals surface area contributed by atoms with Gasteiger partial charge in [-0.3, -0.25) is 9.30 Å². The van der Waals surface area contributed by atoms with Crippen molar-refractivity contribution in [1.29, 1.82) is 0 Å². The van der Waals surface area contributed by atoms with Gasteiger partial charge in [0.2, 0.25) is 0 Å². The number of carboxylic acid groups (broad SMARTS) is 1. The summed E-state index contributed by atoms with van der Waals surface area (Å²) in [7, 11) is 0. The number of amides is 1. The molecule has 0 aliphatic carbocycles. The topological polar surface area (TPSA) is 105 Å². The van der Waals surface area contributed by atoms with Crippen LogP contribution in [0.2, 0.25) is 0 Å². The van der Waals surface area contributed by atoms with E-state index in [1.54, 1.807) is 6.07 Å². The fourth-order valence-corrected chi connectivity index (χ4v) is 5.11. The van der Waals surface area contributed by atoms with E-state index < -0.39 is 24.4 Å². The maximum Gasteiger partial charge on any atom is 0.408 e. The Kier molecular flexibility index (Phi) is 5.72. The predicted molar refractivity (Wildman–Crippen MR) is 127 cm³/mol. The van der Waals surface area contributed by atoms with Crippen LogP contribution >= 0.6 is 0 Å². The molecule has 4 aromatic rings. The minimum atomic E-state index is -4.57. The van der Waals surface area contributed by atoms with Gasteiger partial charge in [-0.1, -0.05) is 24.3 Å². The summed E-state index contributed by atoms with van der Waals surface area (Å²) in [5, 5.41) is 20.5. The molecule has 2 saturated heterocycles. The van der Waals surface area contributed by atoms with Crippen molar-refractivity contribution in [3.05, 3.63) is 59.8 Å². The summed E-state index contributed by atoms with van der Waals surface area (Å²) >= 11 is 0. The fourth-order valence-electron chi connectivity index (χ4n) is 5.11. The van der Waals surface area contributed by atoms with Crippen molar-refractivity contribution in [2.24, 2.45) is 0 Å². The Morgan fingerprint density at radius 3 is 2.68 bits per heavy atom. The van der Waals surface area contributed by atoms with Gasteiger partial charge in [0.05, 0.1) is 18.7 Å². The number of rotatable bonds is 5. The van der Waals surface area contributed by atoms with Crippen molar-refractivity contribution in [3.63, 3.8) is 0 Å². The molecule has 0 bridgehead atoms. The molecule has 5 heterocycles. The average Bonchev–Trinajstić information content (AvgIpc) is 3.43. The lowest BCUT2D eigenvalue weighted by Crippen LogP contribution is -2.40. The fraction of sp³-hybridized carbons (Fsp3) is 0.360. The Morgan fingerprint density at radius 2 is 1.95 bits per heavy atom. The number of aromatic nitrogens is 4. The van der Waals surface area contributed by atoms with Gasteiger partial charge in [-0.2, -0.15) is 13.2 Å². The number of fused-ring (bicyclic) bond motifs is 2. The number of alkyl halides is 3.